The van der Waals surface area contributed by atoms with Gasteiger partial charge in [-0.15, -0.1) is 5.10 Å². The third-order valence-electron chi connectivity index (χ3n) is 5.96. The third kappa shape index (κ3) is 6.09. The summed E-state index contributed by atoms with van der Waals surface area (Å²) in [7, 11) is 0. The average Bonchev–Trinajstić information content (AvgIpc) is 3.28. The molecule has 1 heterocycles. The van der Waals surface area contributed by atoms with Crippen molar-refractivity contribution in [3.63, 3.8) is 0 Å². The summed E-state index contributed by atoms with van der Waals surface area (Å²) >= 11 is 0. The Hall–Kier alpha value is -4.06. The fourth-order valence-corrected chi connectivity index (χ4v) is 4.08. The lowest BCUT2D eigenvalue weighted by Gasteiger charge is -2.09. The third-order valence-corrected chi connectivity index (χ3v) is 5.96. The molecule has 0 atom stereocenters. The van der Waals surface area contributed by atoms with Gasteiger partial charge in [-0.3, -0.25) is 4.79 Å². The van der Waals surface area contributed by atoms with Crippen LogP contribution in [0.2, 0.25) is 0 Å². The van der Waals surface area contributed by atoms with Gasteiger partial charge in [0.2, 0.25) is 11.6 Å². The second-order valence-corrected chi connectivity index (χ2v) is 8.60. The smallest absolute Gasteiger partial charge is 0.336 e. The maximum atomic E-state index is 12.9. The Morgan fingerprint density at radius 2 is 1.57 bits per heavy atom. The number of hydrogen-bond donors (Lipinski definition) is 1. The first-order valence-corrected chi connectivity index (χ1v) is 12.0. The summed E-state index contributed by atoms with van der Waals surface area (Å²) in [4.78, 5) is 29.0. The quantitative estimate of drug-likeness (QED) is 0.221. The summed E-state index contributed by atoms with van der Waals surface area (Å²) in [6, 6.07) is 24.4. The lowest BCUT2D eigenvalue weighted by atomic mass is 9.99. The van der Waals surface area contributed by atoms with E-state index in [1.807, 2.05) is 71.4 Å². The zero-order valence-electron chi connectivity index (χ0n) is 19.9. The number of Topliss-reactive ketones (excluding diaryl/α,β-unsaturated/α-hetero) is 1. The Morgan fingerprint density at radius 3 is 2.29 bits per heavy atom. The van der Waals surface area contributed by atoms with Crippen LogP contribution >= 0.6 is 0 Å². The predicted octanol–water partition coefficient (Wildman–Crippen LogP) is 5.85. The standard InChI is InChI=1S/C29H29N3O3/c1-2-3-5-14-27-30-28(26(33)19-21-10-6-4-7-11-21)31-32(27)20-22-15-17-23(18-16-22)24-12-8-9-13-25(24)29(34)35/h4,6-13,15-18H,2-3,5,14,19-20H2,1H3,(H,34,35). The Bertz CT molecular complexity index is 1290. The van der Waals surface area contributed by atoms with Gasteiger partial charge in [-0.2, -0.15) is 0 Å². The van der Waals surface area contributed by atoms with Crippen molar-refractivity contribution in [2.75, 3.05) is 0 Å². The highest BCUT2D eigenvalue weighted by Crippen LogP contribution is 2.24. The number of rotatable bonds is 11. The lowest BCUT2D eigenvalue weighted by Crippen LogP contribution is -2.09. The molecule has 0 spiro atoms. The largest absolute Gasteiger partial charge is 0.478 e. The summed E-state index contributed by atoms with van der Waals surface area (Å²) in [5.74, 6) is 0.0338. The van der Waals surface area contributed by atoms with Crippen LogP contribution in [0.25, 0.3) is 11.1 Å². The summed E-state index contributed by atoms with van der Waals surface area (Å²) in [6.45, 7) is 2.65. The van der Waals surface area contributed by atoms with Crippen molar-refractivity contribution >= 4 is 11.8 Å². The van der Waals surface area contributed by atoms with Crippen LogP contribution < -0.4 is 0 Å². The Balaban J connectivity index is 1.55. The number of hydrogen-bond acceptors (Lipinski definition) is 4. The van der Waals surface area contributed by atoms with Crippen molar-refractivity contribution in [2.24, 2.45) is 0 Å². The first kappa shape index (κ1) is 24.1. The fourth-order valence-electron chi connectivity index (χ4n) is 4.08. The van der Waals surface area contributed by atoms with Crippen molar-refractivity contribution in [3.8, 4) is 11.1 Å². The van der Waals surface area contributed by atoms with Gasteiger partial charge in [-0.25, -0.2) is 14.5 Å². The molecule has 1 aromatic heterocycles. The van der Waals surface area contributed by atoms with E-state index in [0.717, 1.165) is 48.2 Å². The molecule has 3 aromatic carbocycles. The van der Waals surface area contributed by atoms with Crippen LogP contribution in [-0.2, 0) is 19.4 Å². The molecule has 0 fully saturated rings. The maximum absolute atomic E-state index is 12.9. The number of carbonyl (C=O) groups is 2. The molecule has 0 aliphatic rings. The van der Waals surface area contributed by atoms with Gasteiger partial charge in [-0.05, 0) is 34.7 Å². The summed E-state index contributed by atoms with van der Waals surface area (Å²) in [6.07, 6.45) is 4.23. The molecule has 6 nitrogen and oxygen atoms in total. The molecule has 4 rings (SSSR count). The van der Waals surface area contributed by atoms with Gasteiger partial charge in [0.1, 0.15) is 5.82 Å². The number of nitrogens with zero attached hydrogens (tertiary/aromatic N) is 3. The number of carboxylic acids is 1. The zero-order chi connectivity index (χ0) is 24.6. The molecule has 1 N–H and O–H groups in total. The number of unbranched alkanes of at least 4 members (excludes halogenated alkanes) is 2. The van der Waals surface area contributed by atoms with Crippen LogP contribution in [0.3, 0.4) is 0 Å². The molecule has 178 valence electrons. The molecular formula is C29H29N3O3. The van der Waals surface area contributed by atoms with Crippen molar-refractivity contribution in [3.05, 3.63) is 107 Å². The number of carbonyl (C=O) groups excluding carboxylic acids is 1. The van der Waals surface area contributed by atoms with Crippen LogP contribution in [0.1, 0.15) is 64.1 Å². The molecule has 4 aromatic rings. The number of aromatic carboxylic acids is 1. The van der Waals surface area contributed by atoms with E-state index in [1.54, 1.807) is 12.1 Å². The van der Waals surface area contributed by atoms with Gasteiger partial charge in [0.25, 0.3) is 0 Å². The van der Waals surface area contributed by atoms with E-state index >= 15 is 0 Å². The molecule has 0 saturated carbocycles. The first-order chi connectivity index (χ1) is 17.0. The predicted molar refractivity (Wildman–Crippen MR) is 136 cm³/mol. The molecule has 0 bridgehead atoms. The van der Waals surface area contributed by atoms with Crippen molar-refractivity contribution in [1.29, 1.82) is 0 Å². The molecule has 0 unspecified atom stereocenters. The first-order valence-electron chi connectivity index (χ1n) is 12.0. The monoisotopic (exact) mass is 467 g/mol. The topological polar surface area (TPSA) is 85.1 Å². The highest BCUT2D eigenvalue weighted by Gasteiger charge is 2.17. The van der Waals surface area contributed by atoms with Crippen molar-refractivity contribution < 1.29 is 14.7 Å². The van der Waals surface area contributed by atoms with E-state index in [-0.39, 0.29) is 23.6 Å². The highest BCUT2D eigenvalue weighted by molar-refractivity contribution is 5.96. The van der Waals surface area contributed by atoms with E-state index in [1.165, 1.54) is 0 Å². The van der Waals surface area contributed by atoms with Crippen molar-refractivity contribution in [2.45, 2.75) is 45.6 Å². The minimum absolute atomic E-state index is 0.0904. The lowest BCUT2D eigenvalue weighted by molar-refractivity contribution is 0.0697. The van der Waals surface area contributed by atoms with E-state index in [9.17, 15) is 14.7 Å². The van der Waals surface area contributed by atoms with Crippen molar-refractivity contribution in [1.82, 2.24) is 14.8 Å². The zero-order valence-corrected chi connectivity index (χ0v) is 19.9. The highest BCUT2D eigenvalue weighted by atomic mass is 16.4. The number of ketones is 1. The SMILES string of the molecule is CCCCCc1nc(C(=O)Cc2ccccc2)nn1Cc1ccc(-c2ccccc2C(=O)O)cc1. The summed E-state index contributed by atoms with van der Waals surface area (Å²) in [5, 5.41) is 14.1. The van der Waals surface area contributed by atoms with Crippen LogP contribution in [-0.4, -0.2) is 31.6 Å². The van der Waals surface area contributed by atoms with E-state index in [4.69, 9.17) is 0 Å². The number of aryl methyl sites for hydroxylation is 1. The van der Waals surface area contributed by atoms with E-state index < -0.39 is 5.97 Å². The van der Waals surface area contributed by atoms with Gasteiger partial charge < -0.3 is 5.11 Å². The minimum atomic E-state index is -0.947. The molecule has 0 amide bonds. The second kappa shape index (κ2) is 11.4. The summed E-state index contributed by atoms with van der Waals surface area (Å²) in [5.41, 5.74) is 3.74. The van der Waals surface area contributed by atoms with Gasteiger partial charge in [-0.1, -0.05) is 92.6 Å². The minimum Gasteiger partial charge on any atom is -0.478 e. The molecule has 0 saturated heterocycles. The van der Waals surface area contributed by atoms with Crippen LogP contribution in [0, 0.1) is 0 Å². The molecule has 6 heteroatoms. The van der Waals surface area contributed by atoms with Gasteiger partial charge in [0.05, 0.1) is 12.1 Å². The average molecular weight is 468 g/mol. The Labute approximate surface area is 205 Å². The number of carboxylic acid groups (broad SMARTS) is 1. The van der Waals surface area contributed by atoms with Crippen LogP contribution in [0.4, 0.5) is 0 Å². The molecule has 35 heavy (non-hydrogen) atoms. The molecule has 0 radical (unpaired) electrons. The van der Waals surface area contributed by atoms with Gasteiger partial charge in [0.15, 0.2) is 0 Å². The molecule has 0 aliphatic heterocycles. The second-order valence-electron chi connectivity index (χ2n) is 8.60. The number of benzene rings is 3. The number of aromatic nitrogens is 3. The van der Waals surface area contributed by atoms with E-state index in [2.05, 4.69) is 17.0 Å². The molecular weight excluding hydrogens is 438 g/mol. The van der Waals surface area contributed by atoms with Crippen LogP contribution in [0.5, 0.6) is 0 Å². The van der Waals surface area contributed by atoms with Gasteiger partial charge >= 0.3 is 5.97 Å². The van der Waals surface area contributed by atoms with Crippen LogP contribution in [0.15, 0.2) is 78.9 Å². The van der Waals surface area contributed by atoms with E-state index in [0.29, 0.717) is 12.1 Å². The maximum Gasteiger partial charge on any atom is 0.336 e. The Morgan fingerprint density at radius 1 is 0.857 bits per heavy atom. The fraction of sp³-hybridized carbons (Fsp3) is 0.241. The Kier molecular flexibility index (Phi) is 7.83. The normalized spacial score (nSPS) is 10.9. The molecule has 0 aliphatic carbocycles. The summed E-state index contributed by atoms with van der Waals surface area (Å²) < 4.78 is 1.83. The van der Waals surface area contributed by atoms with Gasteiger partial charge in [0, 0.05) is 12.8 Å².